The van der Waals surface area contributed by atoms with E-state index in [1.54, 1.807) is 0 Å². The number of ether oxygens (including phenoxy) is 2. The fourth-order valence-corrected chi connectivity index (χ4v) is 2.19. The molecule has 1 amide bonds. The van der Waals surface area contributed by atoms with E-state index in [0.717, 1.165) is 6.42 Å². The summed E-state index contributed by atoms with van der Waals surface area (Å²) < 4.78 is 32.9. The second-order valence-corrected chi connectivity index (χ2v) is 5.91. The van der Waals surface area contributed by atoms with Gasteiger partial charge in [0, 0.05) is 18.7 Å². The first-order chi connectivity index (χ1) is 9.88. The van der Waals surface area contributed by atoms with Gasteiger partial charge in [-0.15, -0.1) is 0 Å². The quantitative estimate of drug-likeness (QED) is 0.674. The van der Waals surface area contributed by atoms with Crippen molar-refractivity contribution >= 4 is 15.9 Å². The zero-order valence-corrected chi connectivity index (χ0v) is 12.9. The number of carbonyl (C=O) groups is 1. The van der Waals surface area contributed by atoms with Gasteiger partial charge in [-0.2, -0.15) is 0 Å². The summed E-state index contributed by atoms with van der Waals surface area (Å²) in [7, 11) is -2.34. The molecule has 0 unspecified atom stereocenters. The molecule has 1 aromatic carbocycles. The van der Waals surface area contributed by atoms with Crippen LogP contribution in [0.25, 0.3) is 0 Å². The Bertz CT molecular complexity index is 586. The number of rotatable bonds is 8. The molecule has 0 fully saturated rings. The summed E-state index contributed by atoms with van der Waals surface area (Å²) in [6.07, 6.45) is 0.831. The lowest BCUT2D eigenvalue weighted by molar-refractivity contribution is -0.125. The fraction of sp³-hybridized carbons (Fsp3) is 0.462. The number of hydrogen-bond donors (Lipinski definition) is 2. The number of nitrogens with one attached hydrogen (secondary N) is 1. The first kappa shape index (κ1) is 17.4. The highest BCUT2D eigenvalue weighted by atomic mass is 32.2. The molecule has 0 aliphatic heterocycles. The Balaban J connectivity index is 2.75. The zero-order valence-electron chi connectivity index (χ0n) is 12.1. The minimum Gasteiger partial charge on any atom is -0.496 e. The Morgan fingerprint density at radius 1 is 1.38 bits per heavy atom. The van der Waals surface area contributed by atoms with Crippen LogP contribution in [0.5, 0.6) is 5.75 Å². The van der Waals surface area contributed by atoms with E-state index in [1.165, 1.54) is 25.3 Å². The standard InChI is InChI=1S/C13H20N2O5S/c1-3-6-20-9-13(16)15-8-10-7-11(21(14,17)18)4-5-12(10)19-2/h4-5,7H,3,6,8-9H2,1-2H3,(H,15,16)(H2,14,17,18). The molecule has 0 saturated heterocycles. The summed E-state index contributed by atoms with van der Waals surface area (Å²) in [6, 6.07) is 4.22. The summed E-state index contributed by atoms with van der Waals surface area (Å²) in [5, 5.41) is 7.71. The molecule has 0 aromatic heterocycles. The van der Waals surface area contributed by atoms with Crippen LogP contribution >= 0.6 is 0 Å². The molecule has 0 heterocycles. The van der Waals surface area contributed by atoms with E-state index in [4.69, 9.17) is 14.6 Å². The van der Waals surface area contributed by atoms with Crippen LogP contribution in [0, 0.1) is 0 Å². The molecule has 1 rings (SSSR count). The number of amides is 1. The predicted octanol–water partition coefficient (Wildman–Crippen LogP) is 0.385. The average molecular weight is 316 g/mol. The molecule has 0 spiro atoms. The molecule has 0 saturated carbocycles. The van der Waals surface area contributed by atoms with Crippen molar-refractivity contribution in [2.24, 2.45) is 5.14 Å². The molecule has 118 valence electrons. The van der Waals surface area contributed by atoms with Gasteiger partial charge in [0.1, 0.15) is 12.4 Å². The topological polar surface area (TPSA) is 108 Å². The van der Waals surface area contributed by atoms with Gasteiger partial charge in [0.25, 0.3) is 0 Å². The zero-order chi connectivity index (χ0) is 15.9. The number of carbonyl (C=O) groups excluding carboxylic acids is 1. The highest BCUT2D eigenvalue weighted by Gasteiger charge is 2.12. The highest BCUT2D eigenvalue weighted by Crippen LogP contribution is 2.21. The molecule has 7 nitrogen and oxygen atoms in total. The molecular formula is C13H20N2O5S. The highest BCUT2D eigenvalue weighted by molar-refractivity contribution is 7.89. The Kier molecular flexibility index (Phi) is 6.60. The molecule has 21 heavy (non-hydrogen) atoms. The van der Waals surface area contributed by atoms with Crippen LogP contribution in [0.3, 0.4) is 0 Å². The maximum Gasteiger partial charge on any atom is 0.246 e. The van der Waals surface area contributed by atoms with Crippen molar-refractivity contribution in [3.05, 3.63) is 23.8 Å². The van der Waals surface area contributed by atoms with Crippen molar-refractivity contribution in [1.82, 2.24) is 5.32 Å². The normalized spacial score (nSPS) is 11.2. The molecule has 0 aliphatic carbocycles. The van der Waals surface area contributed by atoms with Gasteiger partial charge in [-0.1, -0.05) is 6.92 Å². The molecule has 0 bridgehead atoms. The van der Waals surface area contributed by atoms with Crippen LogP contribution < -0.4 is 15.2 Å². The number of primary sulfonamides is 1. The predicted molar refractivity (Wildman–Crippen MR) is 77.3 cm³/mol. The molecule has 8 heteroatoms. The van der Waals surface area contributed by atoms with Crippen LogP contribution in [0.15, 0.2) is 23.1 Å². The molecule has 3 N–H and O–H groups in total. The summed E-state index contributed by atoms with van der Waals surface area (Å²) >= 11 is 0. The molecule has 0 aliphatic rings. The Morgan fingerprint density at radius 2 is 2.10 bits per heavy atom. The van der Waals surface area contributed by atoms with Crippen molar-refractivity contribution in [2.75, 3.05) is 20.3 Å². The second kappa shape index (κ2) is 7.96. The van der Waals surface area contributed by atoms with E-state index in [0.29, 0.717) is 17.9 Å². The first-order valence-corrected chi connectivity index (χ1v) is 7.97. The van der Waals surface area contributed by atoms with E-state index in [2.05, 4.69) is 5.32 Å². The van der Waals surface area contributed by atoms with Gasteiger partial charge < -0.3 is 14.8 Å². The van der Waals surface area contributed by atoms with Crippen LogP contribution in [-0.2, 0) is 26.1 Å². The third kappa shape index (κ3) is 5.70. The fourth-order valence-electron chi connectivity index (χ4n) is 1.62. The van der Waals surface area contributed by atoms with Crippen molar-refractivity contribution < 1.29 is 22.7 Å². The molecule has 0 radical (unpaired) electrons. The Hall–Kier alpha value is -1.64. The van der Waals surface area contributed by atoms with E-state index in [9.17, 15) is 13.2 Å². The monoisotopic (exact) mass is 316 g/mol. The molecule has 0 atom stereocenters. The number of benzene rings is 1. The van der Waals surface area contributed by atoms with E-state index in [-0.39, 0.29) is 24.0 Å². The third-order valence-electron chi connectivity index (χ3n) is 2.64. The maximum atomic E-state index is 11.6. The van der Waals surface area contributed by atoms with E-state index >= 15 is 0 Å². The summed E-state index contributed by atoms with van der Waals surface area (Å²) in [4.78, 5) is 11.5. The second-order valence-electron chi connectivity index (χ2n) is 4.35. The number of methoxy groups -OCH3 is 1. The van der Waals surface area contributed by atoms with E-state index < -0.39 is 10.0 Å². The van der Waals surface area contributed by atoms with Crippen molar-refractivity contribution in [2.45, 2.75) is 24.8 Å². The van der Waals surface area contributed by atoms with Crippen LogP contribution in [-0.4, -0.2) is 34.6 Å². The van der Waals surface area contributed by atoms with Gasteiger partial charge in [0.15, 0.2) is 0 Å². The summed E-state index contributed by atoms with van der Waals surface area (Å²) in [6.45, 7) is 2.55. The lowest BCUT2D eigenvalue weighted by atomic mass is 10.2. The lowest BCUT2D eigenvalue weighted by Crippen LogP contribution is -2.27. The van der Waals surface area contributed by atoms with Gasteiger partial charge in [-0.3, -0.25) is 4.79 Å². The van der Waals surface area contributed by atoms with Gasteiger partial charge in [-0.05, 0) is 24.6 Å². The van der Waals surface area contributed by atoms with Gasteiger partial charge in [0.05, 0.1) is 12.0 Å². The average Bonchev–Trinajstić information content (AvgIpc) is 2.44. The SMILES string of the molecule is CCCOCC(=O)NCc1cc(S(N)(=O)=O)ccc1OC. The number of nitrogens with two attached hydrogens (primary N) is 1. The van der Waals surface area contributed by atoms with Crippen LogP contribution in [0.4, 0.5) is 0 Å². The van der Waals surface area contributed by atoms with Crippen LogP contribution in [0.2, 0.25) is 0 Å². The molecule has 1 aromatic rings. The number of sulfonamides is 1. The maximum absolute atomic E-state index is 11.6. The largest absolute Gasteiger partial charge is 0.496 e. The van der Waals surface area contributed by atoms with Gasteiger partial charge in [0.2, 0.25) is 15.9 Å². The van der Waals surface area contributed by atoms with Gasteiger partial charge in [-0.25, -0.2) is 13.6 Å². The first-order valence-electron chi connectivity index (χ1n) is 6.42. The molecular weight excluding hydrogens is 296 g/mol. The van der Waals surface area contributed by atoms with Crippen molar-refractivity contribution in [3.63, 3.8) is 0 Å². The Labute approximate surface area is 124 Å². The van der Waals surface area contributed by atoms with Crippen molar-refractivity contribution in [3.8, 4) is 5.75 Å². The summed E-state index contributed by atoms with van der Waals surface area (Å²) in [5.74, 6) is 0.184. The minimum atomic E-state index is -3.80. The third-order valence-corrected chi connectivity index (χ3v) is 3.55. The lowest BCUT2D eigenvalue weighted by Gasteiger charge is -2.11. The van der Waals surface area contributed by atoms with E-state index in [1.807, 2.05) is 6.92 Å². The Morgan fingerprint density at radius 3 is 2.67 bits per heavy atom. The van der Waals surface area contributed by atoms with Crippen molar-refractivity contribution in [1.29, 1.82) is 0 Å². The smallest absolute Gasteiger partial charge is 0.246 e. The summed E-state index contributed by atoms with van der Waals surface area (Å²) in [5.41, 5.74) is 0.521. The minimum absolute atomic E-state index is 0.0326. The van der Waals surface area contributed by atoms with Crippen LogP contribution in [0.1, 0.15) is 18.9 Å². The number of hydrogen-bond acceptors (Lipinski definition) is 5. The van der Waals surface area contributed by atoms with Gasteiger partial charge >= 0.3 is 0 Å².